The van der Waals surface area contributed by atoms with E-state index in [1.54, 1.807) is 12.1 Å². The molecule has 23 heavy (non-hydrogen) atoms. The molecule has 1 atom stereocenters. The lowest BCUT2D eigenvalue weighted by atomic mass is 9.96. The molecule has 4 rings (SSSR count). The Kier molecular flexibility index (Phi) is 3.01. The number of aryl methyl sites for hydroxylation is 1. The summed E-state index contributed by atoms with van der Waals surface area (Å²) in [5.41, 5.74) is 4.95. The number of benzene rings is 2. The lowest BCUT2D eigenvalue weighted by Gasteiger charge is -2.13. The van der Waals surface area contributed by atoms with Crippen LogP contribution in [0.1, 0.15) is 33.2 Å². The van der Waals surface area contributed by atoms with Crippen molar-refractivity contribution in [3.05, 3.63) is 76.7 Å². The van der Waals surface area contributed by atoms with Crippen molar-refractivity contribution in [2.24, 2.45) is 0 Å². The molecule has 2 N–H and O–H groups in total. The number of H-pyrrole nitrogens is 1. The predicted molar refractivity (Wildman–Crippen MR) is 84.5 cm³/mol. The average molecular weight is 307 g/mol. The summed E-state index contributed by atoms with van der Waals surface area (Å²) in [5, 5.41) is 10.1. The van der Waals surface area contributed by atoms with Gasteiger partial charge in [0.15, 0.2) is 0 Å². The van der Waals surface area contributed by atoms with E-state index in [9.17, 15) is 9.18 Å². The van der Waals surface area contributed by atoms with Crippen molar-refractivity contribution in [3.8, 4) is 11.3 Å². The standard InChI is InChI=1S/C18H14FN3O/c1-10-2-4-12(5-3-10)16-14-15(11-6-8-13(19)9-7-11)20-18(23)17(14)22-21-16/h2-9,15H,1H3,(H,20,23)(H,21,22)/t15-/m0/s1. The minimum Gasteiger partial charge on any atom is -0.340 e. The number of aromatic nitrogens is 2. The van der Waals surface area contributed by atoms with Crippen LogP contribution in [0, 0.1) is 12.7 Å². The van der Waals surface area contributed by atoms with Crippen LogP contribution in [0.25, 0.3) is 11.3 Å². The number of carbonyl (C=O) groups is 1. The Hall–Kier alpha value is -2.95. The first-order valence-electron chi connectivity index (χ1n) is 7.35. The second kappa shape index (κ2) is 5.05. The van der Waals surface area contributed by atoms with Crippen LogP contribution in [-0.4, -0.2) is 16.1 Å². The van der Waals surface area contributed by atoms with E-state index in [1.807, 2.05) is 31.2 Å². The Morgan fingerprint density at radius 2 is 1.74 bits per heavy atom. The van der Waals surface area contributed by atoms with Gasteiger partial charge in [0, 0.05) is 11.1 Å². The number of nitrogens with one attached hydrogen (secondary N) is 2. The van der Waals surface area contributed by atoms with Gasteiger partial charge < -0.3 is 5.32 Å². The van der Waals surface area contributed by atoms with Crippen LogP contribution in [0.15, 0.2) is 48.5 Å². The van der Waals surface area contributed by atoms with E-state index in [-0.39, 0.29) is 17.8 Å². The maximum absolute atomic E-state index is 13.2. The molecule has 0 saturated heterocycles. The summed E-state index contributed by atoms with van der Waals surface area (Å²) in [6, 6.07) is 13.8. The van der Waals surface area contributed by atoms with Crippen LogP contribution in [0.2, 0.25) is 0 Å². The summed E-state index contributed by atoms with van der Waals surface area (Å²) >= 11 is 0. The number of fused-ring (bicyclic) bond motifs is 1. The molecular weight excluding hydrogens is 293 g/mol. The van der Waals surface area contributed by atoms with E-state index >= 15 is 0 Å². The molecule has 4 nitrogen and oxygen atoms in total. The smallest absolute Gasteiger partial charge is 0.270 e. The zero-order chi connectivity index (χ0) is 16.0. The van der Waals surface area contributed by atoms with Gasteiger partial charge in [0.25, 0.3) is 5.91 Å². The van der Waals surface area contributed by atoms with Gasteiger partial charge in [0.2, 0.25) is 0 Å². The van der Waals surface area contributed by atoms with E-state index in [1.165, 1.54) is 12.1 Å². The highest BCUT2D eigenvalue weighted by molar-refractivity contribution is 6.00. The lowest BCUT2D eigenvalue weighted by molar-refractivity contribution is 0.0955. The fourth-order valence-electron chi connectivity index (χ4n) is 2.92. The number of hydrogen-bond acceptors (Lipinski definition) is 2. The van der Waals surface area contributed by atoms with Crippen molar-refractivity contribution >= 4 is 5.91 Å². The van der Waals surface area contributed by atoms with Crippen molar-refractivity contribution in [2.75, 3.05) is 0 Å². The second-order valence-electron chi connectivity index (χ2n) is 5.68. The van der Waals surface area contributed by atoms with Crippen molar-refractivity contribution in [3.63, 3.8) is 0 Å². The zero-order valence-electron chi connectivity index (χ0n) is 12.4. The molecule has 0 fully saturated rings. The molecule has 0 bridgehead atoms. The fraction of sp³-hybridized carbons (Fsp3) is 0.111. The third kappa shape index (κ3) is 2.21. The van der Waals surface area contributed by atoms with Crippen molar-refractivity contribution in [2.45, 2.75) is 13.0 Å². The van der Waals surface area contributed by atoms with Crippen molar-refractivity contribution < 1.29 is 9.18 Å². The molecular formula is C18H14FN3O. The Bertz CT molecular complexity index is 882. The molecule has 3 aromatic rings. The van der Waals surface area contributed by atoms with E-state index in [2.05, 4.69) is 15.5 Å². The number of hydrogen-bond donors (Lipinski definition) is 2. The molecule has 1 aromatic heterocycles. The molecule has 1 amide bonds. The van der Waals surface area contributed by atoms with Gasteiger partial charge in [-0.15, -0.1) is 0 Å². The molecule has 1 aliphatic heterocycles. The summed E-state index contributed by atoms with van der Waals surface area (Å²) in [7, 11) is 0. The summed E-state index contributed by atoms with van der Waals surface area (Å²) in [4.78, 5) is 12.2. The molecule has 2 aromatic carbocycles. The monoisotopic (exact) mass is 307 g/mol. The molecule has 0 unspecified atom stereocenters. The van der Waals surface area contributed by atoms with E-state index in [0.717, 1.165) is 27.9 Å². The molecule has 0 spiro atoms. The third-order valence-electron chi connectivity index (χ3n) is 4.12. The summed E-state index contributed by atoms with van der Waals surface area (Å²) < 4.78 is 13.2. The van der Waals surface area contributed by atoms with Gasteiger partial charge >= 0.3 is 0 Å². The van der Waals surface area contributed by atoms with E-state index in [4.69, 9.17) is 0 Å². The maximum Gasteiger partial charge on any atom is 0.270 e. The summed E-state index contributed by atoms with van der Waals surface area (Å²) in [5.74, 6) is -0.496. The van der Waals surface area contributed by atoms with Gasteiger partial charge in [-0.1, -0.05) is 42.0 Å². The number of rotatable bonds is 2. The molecule has 2 heterocycles. The number of halogens is 1. The van der Waals surface area contributed by atoms with Crippen molar-refractivity contribution in [1.29, 1.82) is 0 Å². The molecule has 114 valence electrons. The van der Waals surface area contributed by atoms with Gasteiger partial charge in [-0.3, -0.25) is 9.89 Å². The summed E-state index contributed by atoms with van der Waals surface area (Å²) in [6.45, 7) is 2.02. The van der Waals surface area contributed by atoms with Crippen LogP contribution in [0.3, 0.4) is 0 Å². The van der Waals surface area contributed by atoms with Gasteiger partial charge in [0.05, 0.1) is 11.7 Å². The Morgan fingerprint density at radius 3 is 2.43 bits per heavy atom. The number of amides is 1. The van der Waals surface area contributed by atoms with Crippen LogP contribution in [-0.2, 0) is 0 Å². The molecule has 1 aliphatic rings. The van der Waals surface area contributed by atoms with Gasteiger partial charge in [-0.25, -0.2) is 4.39 Å². The first-order valence-corrected chi connectivity index (χ1v) is 7.35. The SMILES string of the molecule is Cc1ccc(-c2n[nH]c3c2[C@H](c2ccc(F)cc2)NC3=O)cc1. The van der Waals surface area contributed by atoms with E-state index in [0.29, 0.717) is 5.69 Å². The normalized spacial score (nSPS) is 16.3. The minimum atomic E-state index is -0.326. The quantitative estimate of drug-likeness (QED) is 0.763. The Balaban J connectivity index is 1.84. The van der Waals surface area contributed by atoms with Gasteiger partial charge in [0.1, 0.15) is 11.5 Å². The third-order valence-corrected chi connectivity index (χ3v) is 4.12. The highest BCUT2D eigenvalue weighted by atomic mass is 19.1. The minimum absolute atomic E-state index is 0.194. The van der Waals surface area contributed by atoms with Crippen LogP contribution >= 0.6 is 0 Å². The highest BCUT2D eigenvalue weighted by Crippen LogP contribution is 2.36. The molecule has 5 heteroatoms. The number of nitrogens with zero attached hydrogens (tertiary/aromatic N) is 1. The molecule has 0 radical (unpaired) electrons. The molecule has 0 aliphatic carbocycles. The predicted octanol–water partition coefficient (Wildman–Crippen LogP) is 3.36. The lowest BCUT2D eigenvalue weighted by Crippen LogP contribution is -2.21. The topological polar surface area (TPSA) is 57.8 Å². The van der Waals surface area contributed by atoms with E-state index < -0.39 is 0 Å². The van der Waals surface area contributed by atoms with Gasteiger partial charge in [-0.2, -0.15) is 5.10 Å². The first kappa shape index (κ1) is 13.7. The average Bonchev–Trinajstić information content (AvgIpc) is 3.11. The largest absolute Gasteiger partial charge is 0.340 e. The first-order chi connectivity index (χ1) is 11.1. The maximum atomic E-state index is 13.2. The highest BCUT2D eigenvalue weighted by Gasteiger charge is 2.35. The van der Waals surface area contributed by atoms with Crippen molar-refractivity contribution in [1.82, 2.24) is 15.5 Å². The number of aromatic amines is 1. The Morgan fingerprint density at radius 1 is 1.04 bits per heavy atom. The number of carbonyl (C=O) groups excluding carboxylic acids is 1. The van der Waals surface area contributed by atoms with Crippen LogP contribution in [0.4, 0.5) is 4.39 Å². The Labute approximate surface area is 132 Å². The van der Waals surface area contributed by atoms with Gasteiger partial charge in [-0.05, 0) is 24.6 Å². The molecule has 0 saturated carbocycles. The van der Waals surface area contributed by atoms with Crippen LogP contribution < -0.4 is 5.32 Å². The van der Waals surface area contributed by atoms with Crippen LogP contribution in [0.5, 0.6) is 0 Å². The fourth-order valence-corrected chi connectivity index (χ4v) is 2.92. The summed E-state index contributed by atoms with van der Waals surface area (Å²) in [6.07, 6.45) is 0. The zero-order valence-corrected chi connectivity index (χ0v) is 12.4. The second-order valence-corrected chi connectivity index (χ2v) is 5.68.